The highest BCUT2D eigenvalue weighted by molar-refractivity contribution is 7.25. The van der Waals surface area contributed by atoms with E-state index in [9.17, 15) is 0 Å². The fraction of sp³-hybridized carbons (Fsp3) is 0.161. The summed E-state index contributed by atoms with van der Waals surface area (Å²) < 4.78 is 0. The molecule has 0 amide bonds. The van der Waals surface area contributed by atoms with E-state index in [0.717, 1.165) is 0 Å². The molecule has 0 N–H and O–H groups in total. The van der Waals surface area contributed by atoms with E-state index in [2.05, 4.69) is 160 Å². The van der Waals surface area contributed by atoms with Crippen molar-refractivity contribution in [3.63, 3.8) is 0 Å². The van der Waals surface area contributed by atoms with Crippen LogP contribution < -0.4 is 20.7 Å². The van der Waals surface area contributed by atoms with E-state index in [-0.39, 0.29) is 0 Å². The van der Waals surface area contributed by atoms with Gasteiger partial charge in [-0.25, -0.2) is 0 Å². The molecule has 0 heterocycles. The van der Waals surface area contributed by atoms with Gasteiger partial charge in [-0.05, 0) is 0 Å². The SMILES string of the molecule is C[Si](C)(C)C=C([Si](C)(c1ccccc1)c1ccccc1)[Si](C)(c1ccccc1)c1ccccc1. The highest BCUT2D eigenvalue weighted by Gasteiger charge is 2.48. The molecule has 172 valence electrons. The number of hydrogen-bond acceptors (Lipinski definition) is 0. The lowest BCUT2D eigenvalue weighted by atomic mass is 10.4. The summed E-state index contributed by atoms with van der Waals surface area (Å²) in [7, 11) is -6.13. The van der Waals surface area contributed by atoms with Crippen molar-refractivity contribution in [1.82, 2.24) is 0 Å². The Morgan fingerprint density at radius 2 is 0.647 bits per heavy atom. The first-order valence-corrected chi connectivity index (χ1v) is 20.8. The minimum Gasteiger partial charge on any atom is -0.102 e. The van der Waals surface area contributed by atoms with Crippen LogP contribution in [-0.4, -0.2) is 24.2 Å². The van der Waals surface area contributed by atoms with Gasteiger partial charge < -0.3 is 0 Å². The highest BCUT2D eigenvalue weighted by atomic mass is 28.4. The van der Waals surface area contributed by atoms with Gasteiger partial charge in [-0.3, -0.25) is 0 Å². The molecule has 0 saturated heterocycles. The Kier molecular flexibility index (Phi) is 7.08. The lowest BCUT2D eigenvalue weighted by Gasteiger charge is -2.43. The Labute approximate surface area is 209 Å². The van der Waals surface area contributed by atoms with E-state index in [1.165, 1.54) is 20.7 Å². The van der Waals surface area contributed by atoms with Gasteiger partial charge >= 0.3 is 0 Å². The molecular formula is C31H36Si3. The monoisotopic (exact) mass is 492 g/mol. The molecule has 0 atom stereocenters. The second-order valence-corrected chi connectivity index (χ2v) is 24.0. The maximum Gasteiger partial charge on any atom is 0.137 e. The second-order valence-electron chi connectivity index (χ2n) is 10.6. The van der Waals surface area contributed by atoms with E-state index >= 15 is 0 Å². The van der Waals surface area contributed by atoms with Gasteiger partial charge in [0.1, 0.15) is 16.1 Å². The maximum atomic E-state index is 2.78. The standard InChI is InChI=1S/C31H36Si3/c1-32(2,3)26-31(33(4,27-18-10-6-11-19-27)28-20-12-7-13-21-28)34(5,29-22-14-8-15-23-29)30-24-16-9-17-25-30/h6-26H,1-5H3. The van der Waals surface area contributed by atoms with Crippen LogP contribution >= 0.6 is 0 Å². The molecule has 0 unspecified atom stereocenters. The van der Waals surface area contributed by atoms with Gasteiger partial charge in [-0.1, -0.05) is 180 Å². The predicted molar refractivity (Wildman–Crippen MR) is 159 cm³/mol. The lowest BCUT2D eigenvalue weighted by molar-refractivity contribution is 1.63. The van der Waals surface area contributed by atoms with Gasteiger partial charge in [0, 0.05) is 0 Å². The van der Waals surface area contributed by atoms with Crippen molar-refractivity contribution in [1.29, 1.82) is 0 Å². The Morgan fingerprint density at radius 1 is 0.412 bits per heavy atom. The molecule has 0 spiro atoms. The van der Waals surface area contributed by atoms with Crippen molar-refractivity contribution >= 4 is 45.0 Å². The first-order chi connectivity index (χ1) is 16.3. The summed E-state index contributed by atoms with van der Waals surface area (Å²) >= 11 is 0. The average molecular weight is 493 g/mol. The van der Waals surface area contributed by atoms with Crippen LogP contribution in [0.2, 0.25) is 32.7 Å². The normalized spacial score (nSPS) is 12.3. The lowest BCUT2D eigenvalue weighted by Crippen LogP contribution is -2.70. The van der Waals surface area contributed by atoms with Crippen molar-refractivity contribution in [2.45, 2.75) is 32.7 Å². The van der Waals surface area contributed by atoms with Crippen molar-refractivity contribution < 1.29 is 0 Å². The van der Waals surface area contributed by atoms with Gasteiger partial charge in [-0.2, -0.15) is 0 Å². The third-order valence-corrected chi connectivity index (χ3v) is 20.2. The third kappa shape index (κ3) is 4.74. The quantitative estimate of drug-likeness (QED) is 0.292. The highest BCUT2D eigenvalue weighted by Crippen LogP contribution is 2.28. The van der Waals surface area contributed by atoms with E-state index < -0.39 is 24.2 Å². The van der Waals surface area contributed by atoms with Gasteiger partial charge in [0.05, 0.1) is 8.07 Å². The molecule has 0 fully saturated rings. The number of benzene rings is 4. The summed E-state index contributed by atoms with van der Waals surface area (Å²) in [6, 6.07) is 45.4. The van der Waals surface area contributed by atoms with Crippen LogP contribution in [-0.2, 0) is 0 Å². The second kappa shape index (κ2) is 9.87. The number of hydrogen-bond donors (Lipinski definition) is 0. The van der Waals surface area contributed by atoms with Crippen molar-refractivity contribution in [2.75, 3.05) is 0 Å². The summed E-state index contributed by atoms with van der Waals surface area (Å²) in [5.41, 5.74) is 2.78. The average Bonchev–Trinajstić information content (AvgIpc) is 2.88. The molecule has 34 heavy (non-hydrogen) atoms. The molecule has 0 aliphatic rings. The van der Waals surface area contributed by atoms with Crippen molar-refractivity contribution in [2.24, 2.45) is 0 Å². The fourth-order valence-electron chi connectivity index (χ4n) is 5.26. The Balaban J connectivity index is 2.14. The van der Waals surface area contributed by atoms with Crippen molar-refractivity contribution in [3.05, 3.63) is 132 Å². The summed E-state index contributed by atoms with van der Waals surface area (Å²) in [5, 5.41) is 5.99. The van der Waals surface area contributed by atoms with Crippen molar-refractivity contribution in [3.8, 4) is 0 Å². The largest absolute Gasteiger partial charge is 0.137 e. The molecular weight excluding hydrogens is 457 g/mol. The van der Waals surface area contributed by atoms with Crippen LogP contribution in [0.15, 0.2) is 132 Å². The Morgan fingerprint density at radius 3 is 0.853 bits per heavy atom. The molecule has 4 aromatic rings. The first-order valence-electron chi connectivity index (χ1n) is 12.2. The zero-order chi connectivity index (χ0) is 24.2. The predicted octanol–water partition coefficient (Wildman–Crippen LogP) is 5.65. The molecule has 0 radical (unpaired) electrons. The maximum absolute atomic E-state index is 2.78. The van der Waals surface area contributed by atoms with Crippen LogP contribution in [0.4, 0.5) is 0 Å². The molecule has 4 rings (SSSR count). The van der Waals surface area contributed by atoms with E-state index in [4.69, 9.17) is 0 Å². The third-order valence-electron chi connectivity index (χ3n) is 7.06. The van der Waals surface area contributed by atoms with Gasteiger partial charge in [-0.15, -0.1) is 5.70 Å². The molecule has 0 aromatic heterocycles. The molecule has 0 aliphatic carbocycles. The first kappa shape index (κ1) is 24.4. The molecule has 4 aromatic carbocycles. The van der Waals surface area contributed by atoms with Crippen LogP contribution in [0.1, 0.15) is 0 Å². The van der Waals surface area contributed by atoms with Crippen LogP contribution in [0.3, 0.4) is 0 Å². The van der Waals surface area contributed by atoms with Crippen LogP contribution in [0.25, 0.3) is 0 Å². The Hall–Kier alpha value is -2.73. The molecule has 0 nitrogen and oxygen atoms in total. The minimum absolute atomic E-state index is 1.50. The van der Waals surface area contributed by atoms with E-state index in [1.54, 1.807) is 4.82 Å². The minimum atomic E-state index is -2.28. The van der Waals surface area contributed by atoms with Gasteiger partial charge in [0.25, 0.3) is 0 Å². The zero-order valence-electron chi connectivity index (χ0n) is 21.1. The summed E-state index contributed by atoms with van der Waals surface area (Å²) in [6.45, 7) is 12.7. The number of rotatable bonds is 7. The molecule has 0 aliphatic heterocycles. The van der Waals surface area contributed by atoms with Gasteiger partial charge in [0.2, 0.25) is 0 Å². The molecule has 0 bridgehead atoms. The summed E-state index contributed by atoms with van der Waals surface area (Å²) in [6.07, 6.45) is 0. The van der Waals surface area contributed by atoms with Gasteiger partial charge in [0.15, 0.2) is 0 Å². The zero-order valence-corrected chi connectivity index (χ0v) is 24.1. The molecule has 0 saturated carbocycles. The van der Waals surface area contributed by atoms with E-state index in [1.807, 2.05) is 0 Å². The van der Waals surface area contributed by atoms with E-state index in [0.29, 0.717) is 0 Å². The summed E-state index contributed by atoms with van der Waals surface area (Å²) in [5.74, 6) is 0. The molecule has 3 heteroatoms. The Bertz CT molecular complexity index is 1060. The fourth-order valence-corrected chi connectivity index (χ4v) is 22.1. The topological polar surface area (TPSA) is 0 Å². The van der Waals surface area contributed by atoms with Crippen LogP contribution in [0, 0.1) is 0 Å². The summed E-state index contributed by atoms with van der Waals surface area (Å²) in [4.78, 5) is 1.73. The van der Waals surface area contributed by atoms with Crippen LogP contribution in [0.5, 0.6) is 0 Å². The smallest absolute Gasteiger partial charge is 0.102 e.